The summed E-state index contributed by atoms with van der Waals surface area (Å²) in [4.78, 5) is 13.1. The summed E-state index contributed by atoms with van der Waals surface area (Å²) in [5.74, 6) is 1.65. The topological polar surface area (TPSA) is 59.6 Å². The van der Waals surface area contributed by atoms with Gasteiger partial charge in [0.05, 0.1) is 18.7 Å². The summed E-state index contributed by atoms with van der Waals surface area (Å²) in [5, 5.41) is 6.75. The van der Waals surface area contributed by atoms with Gasteiger partial charge in [-0.1, -0.05) is 32.0 Å². The molecule has 0 radical (unpaired) electrons. The maximum Gasteiger partial charge on any atom is 0.338 e. The number of carbonyl (C=O) groups excluding carboxylic acids is 1. The zero-order valence-electron chi connectivity index (χ0n) is 16.4. The quantitative estimate of drug-likeness (QED) is 0.603. The number of carbonyl (C=O) groups is 1. The standard InChI is InChI=1S/C21H28N2O3S/c1-12-9-10-15(11-13(12)2)26-20(24)18-14(3)22-21(27)23-19(18)16-7-5-6-8-17(16)25-4/h5-8,12-13,15,19H,9-11H2,1-4H3,(H2,22,23,27)/t12-,13-,15-,19+/m0/s1. The Hall–Kier alpha value is -2.08. The van der Waals surface area contributed by atoms with E-state index in [1.54, 1.807) is 7.11 Å². The lowest BCUT2D eigenvalue weighted by Crippen LogP contribution is -2.45. The van der Waals surface area contributed by atoms with Crippen molar-refractivity contribution in [3.63, 3.8) is 0 Å². The van der Waals surface area contributed by atoms with Gasteiger partial charge in [0.2, 0.25) is 0 Å². The van der Waals surface area contributed by atoms with Crippen LogP contribution in [0.2, 0.25) is 0 Å². The fourth-order valence-electron chi connectivity index (χ4n) is 3.92. The number of nitrogens with one attached hydrogen (secondary N) is 2. The number of thiocarbonyl (C=S) groups is 1. The lowest BCUT2D eigenvalue weighted by atomic mass is 9.80. The lowest BCUT2D eigenvalue weighted by Gasteiger charge is -2.34. The number of hydrogen-bond donors (Lipinski definition) is 2. The van der Waals surface area contributed by atoms with Crippen LogP contribution >= 0.6 is 12.2 Å². The Balaban J connectivity index is 1.87. The summed E-state index contributed by atoms with van der Waals surface area (Å²) in [6.07, 6.45) is 2.89. The zero-order chi connectivity index (χ0) is 19.6. The lowest BCUT2D eigenvalue weighted by molar-refractivity contribution is -0.147. The van der Waals surface area contributed by atoms with Crippen LogP contribution in [0.25, 0.3) is 0 Å². The van der Waals surface area contributed by atoms with E-state index in [2.05, 4.69) is 24.5 Å². The molecular formula is C21H28N2O3S. The number of hydrogen-bond acceptors (Lipinski definition) is 4. The van der Waals surface area contributed by atoms with E-state index < -0.39 is 6.04 Å². The largest absolute Gasteiger partial charge is 0.496 e. The zero-order valence-corrected chi connectivity index (χ0v) is 17.2. The number of para-hydroxylation sites is 1. The molecule has 1 heterocycles. The number of benzene rings is 1. The Morgan fingerprint density at radius 1 is 1.19 bits per heavy atom. The summed E-state index contributed by atoms with van der Waals surface area (Å²) >= 11 is 5.32. The molecule has 3 rings (SSSR count). The number of ether oxygens (including phenoxy) is 2. The number of esters is 1. The molecule has 1 saturated carbocycles. The van der Waals surface area contributed by atoms with E-state index in [4.69, 9.17) is 21.7 Å². The minimum atomic E-state index is -0.401. The van der Waals surface area contributed by atoms with Gasteiger partial charge in [0.1, 0.15) is 11.9 Å². The molecule has 27 heavy (non-hydrogen) atoms. The second-order valence-electron chi connectivity index (χ2n) is 7.61. The molecule has 0 bridgehead atoms. The van der Waals surface area contributed by atoms with Crippen LogP contribution in [0.1, 0.15) is 51.6 Å². The SMILES string of the molecule is COc1ccccc1[C@H]1NC(=S)NC(C)=C1C(=O)O[C@H]1CC[C@H](C)[C@@H](C)C1. The highest BCUT2D eigenvalue weighted by atomic mass is 32.1. The molecular weight excluding hydrogens is 360 g/mol. The molecule has 6 heteroatoms. The second-order valence-corrected chi connectivity index (χ2v) is 8.02. The van der Waals surface area contributed by atoms with Gasteiger partial charge in [0.15, 0.2) is 5.11 Å². The van der Waals surface area contributed by atoms with Crippen molar-refractivity contribution in [1.29, 1.82) is 0 Å². The van der Waals surface area contributed by atoms with Gasteiger partial charge in [-0.3, -0.25) is 0 Å². The van der Waals surface area contributed by atoms with Crippen LogP contribution in [-0.2, 0) is 9.53 Å². The summed E-state index contributed by atoms with van der Waals surface area (Å²) in [7, 11) is 1.62. The average molecular weight is 389 g/mol. The van der Waals surface area contributed by atoms with Crippen molar-refractivity contribution in [2.24, 2.45) is 11.8 Å². The first kappa shape index (κ1) is 19.7. The molecule has 0 spiro atoms. The molecule has 1 aliphatic heterocycles. The molecule has 2 N–H and O–H groups in total. The smallest absolute Gasteiger partial charge is 0.338 e. The van der Waals surface area contributed by atoms with Crippen LogP contribution in [0.5, 0.6) is 5.75 Å². The Morgan fingerprint density at radius 2 is 1.93 bits per heavy atom. The van der Waals surface area contributed by atoms with E-state index in [0.29, 0.717) is 28.3 Å². The molecule has 1 fully saturated rings. The van der Waals surface area contributed by atoms with E-state index in [9.17, 15) is 4.79 Å². The van der Waals surface area contributed by atoms with E-state index >= 15 is 0 Å². The third-order valence-corrected chi connectivity index (χ3v) is 5.98. The Morgan fingerprint density at radius 3 is 2.63 bits per heavy atom. The van der Waals surface area contributed by atoms with Gasteiger partial charge in [-0.05, 0) is 56.3 Å². The highest BCUT2D eigenvalue weighted by Crippen LogP contribution is 2.35. The molecule has 0 unspecified atom stereocenters. The predicted molar refractivity (Wildman–Crippen MR) is 109 cm³/mol. The van der Waals surface area contributed by atoms with Crippen LogP contribution in [0, 0.1) is 11.8 Å². The van der Waals surface area contributed by atoms with Gasteiger partial charge in [0, 0.05) is 11.3 Å². The maximum absolute atomic E-state index is 13.1. The van der Waals surface area contributed by atoms with Crippen LogP contribution in [0.3, 0.4) is 0 Å². The second kappa shape index (κ2) is 8.30. The number of allylic oxidation sites excluding steroid dienone is 1. The van der Waals surface area contributed by atoms with E-state index in [-0.39, 0.29) is 12.1 Å². The van der Waals surface area contributed by atoms with E-state index in [0.717, 1.165) is 30.5 Å². The molecule has 0 saturated heterocycles. The third-order valence-electron chi connectivity index (χ3n) is 5.76. The fourth-order valence-corrected chi connectivity index (χ4v) is 4.19. The van der Waals surface area contributed by atoms with Crippen LogP contribution in [0.15, 0.2) is 35.5 Å². The first-order valence-electron chi connectivity index (χ1n) is 9.52. The monoisotopic (exact) mass is 388 g/mol. The van der Waals surface area contributed by atoms with Crippen molar-refractivity contribution >= 4 is 23.3 Å². The van der Waals surface area contributed by atoms with Crippen molar-refractivity contribution in [3.05, 3.63) is 41.1 Å². The average Bonchev–Trinajstić information content (AvgIpc) is 2.64. The number of rotatable bonds is 4. The van der Waals surface area contributed by atoms with Crippen LogP contribution < -0.4 is 15.4 Å². The van der Waals surface area contributed by atoms with E-state index in [1.165, 1.54) is 0 Å². The molecule has 1 aromatic rings. The Bertz CT molecular complexity index is 762. The molecule has 1 aromatic carbocycles. The molecule has 2 aliphatic rings. The van der Waals surface area contributed by atoms with Crippen molar-refractivity contribution in [3.8, 4) is 5.75 Å². The molecule has 146 valence electrons. The van der Waals surface area contributed by atoms with Gasteiger partial charge >= 0.3 is 5.97 Å². The maximum atomic E-state index is 13.1. The normalized spacial score (nSPS) is 28.2. The van der Waals surface area contributed by atoms with Crippen molar-refractivity contribution < 1.29 is 14.3 Å². The number of methoxy groups -OCH3 is 1. The van der Waals surface area contributed by atoms with Crippen LogP contribution in [-0.4, -0.2) is 24.3 Å². The van der Waals surface area contributed by atoms with Crippen molar-refractivity contribution in [1.82, 2.24) is 10.6 Å². The predicted octanol–water partition coefficient (Wildman–Crippen LogP) is 3.86. The van der Waals surface area contributed by atoms with Crippen molar-refractivity contribution in [2.75, 3.05) is 7.11 Å². The van der Waals surface area contributed by atoms with Gasteiger partial charge < -0.3 is 20.1 Å². The first-order valence-corrected chi connectivity index (χ1v) is 9.93. The first-order chi connectivity index (χ1) is 12.9. The van der Waals surface area contributed by atoms with Gasteiger partial charge in [-0.15, -0.1) is 0 Å². The van der Waals surface area contributed by atoms with Crippen molar-refractivity contribution in [2.45, 2.75) is 52.2 Å². The molecule has 5 nitrogen and oxygen atoms in total. The summed E-state index contributed by atoms with van der Waals surface area (Å²) in [6.45, 7) is 6.36. The fraction of sp³-hybridized carbons (Fsp3) is 0.524. The van der Waals surface area contributed by atoms with Gasteiger partial charge in [-0.2, -0.15) is 0 Å². The summed E-state index contributed by atoms with van der Waals surface area (Å²) in [5.41, 5.74) is 2.14. The third kappa shape index (κ3) is 4.26. The Labute approximate surface area is 166 Å². The molecule has 1 aliphatic carbocycles. The summed E-state index contributed by atoms with van der Waals surface area (Å²) < 4.78 is 11.4. The molecule has 0 aromatic heterocycles. The minimum absolute atomic E-state index is 0.0313. The molecule has 0 amide bonds. The van der Waals surface area contributed by atoms with Gasteiger partial charge in [0.25, 0.3) is 0 Å². The molecule has 4 atom stereocenters. The van der Waals surface area contributed by atoms with Crippen LogP contribution in [0.4, 0.5) is 0 Å². The van der Waals surface area contributed by atoms with Gasteiger partial charge in [-0.25, -0.2) is 4.79 Å². The highest BCUT2D eigenvalue weighted by molar-refractivity contribution is 7.80. The minimum Gasteiger partial charge on any atom is -0.496 e. The highest BCUT2D eigenvalue weighted by Gasteiger charge is 2.35. The Kier molecular flexibility index (Phi) is 6.05. The van der Waals surface area contributed by atoms with E-state index in [1.807, 2.05) is 31.2 Å². The summed E-state index contributed by atoms with van der Waals surface area (Å²) in [6, 6.07) is 7.25.